The summed E-state index contributed by atoms with van der Waals surface area (Å²) in [7, 11) is 0. The molecule has 4 rings (SSSR count). The lowest BCUT2D eigenvalue weighted by Gasteiger charge is -2.55. The van der Waals surface area contributed by atoms with Crippen LogP contribution >= 0.6 is 0 Å². The van der Waals surface area contributed by atoms with Crippen molar-refractivity contribution in [2.45, 2.75) is 84.0 Å². The molecule has 4 aliphatic carbocycles. The van der Waals surface area contributed by atoms with Gasteiger partial charge in [-0.3, -0.25) is 0 Å². The maximum absolute atomic E-state index is 2.51. The SMILES string of the molecule is CCC1C2CCCCC2CC2CC3CCCCC3CC21. The Kier molecular flexibility index (Phi) is 3.86. The van der Waals surface area contributed by atoms with Crippen molar-refractivity contribution in [1.82, 2.24) is 0 Å². The van der Waals surface area contributed by atoms with Gasteiger partial charge in [0.1, 0.15) is 0 Å². The van der Waals surface area contributed by atoms with Crippen LogP contribution in [0.1, 0.15) is 84.0 Å². The van der Waals surface area contributed by atoms with Crippen molar-refractivity contribution in [3.63, 3.8) is 0 Å². The smallest absolute Gasteiger partial charge is 0.0352 e. The van der Waals surface area contributed by atoms with Crippen LogP contribution in [0.25, 0.3) is 0 Å². The number of fused-ring (bicyclic) bond motifs is 3. The van der Waals surface area contributed by atoms with Gasteiger partial charge in [-0.05, 0) is 67.1 Å². The molecule has 0 N–H and O–H groups in total. The molecule has 0 heteroatoms. The van der Waals surface area contributed by atoms with Crippen molar-refractivity contribution in [3.8, 4) is 0 Å². The van der Waals surface area contributed by atoms with Crippen LogP contribution in [0.2, 0.25) is 0 Å². The molecule has 4 fully saturated rings. The van der Waals surface area contributed by atoms with Crippen molar-refractivity contribution < 1.29 is 0 Å². The van der Waals surface area contributed by atoms with Gasteiger partial charge >= 0.3 is 0 Å². The van der Waals surface area contributed by atoms with Crippen molar-refractivity contribution in [1.29, 1.82) is 0 Å². The lowest BCUT2D eigenvalue weighted by atomic mass is 9.50. The zero-order chi connectivity index (χ0) is 13.5. The second-order valence-electron chi connectivity index (χ2n) is 8.72. The molecule has 7 atom stereocenters. The van der Waals surface area contributed by atoms with Crippen molar-refractivity contribution in [3.05, 3.63) is 0 Å². The van der Waals surface area contributed by atoms with E-state index >= 15 is 0 Å². The van der Waals surface area contributed by atoms with E-state index in [-0.39, 0.29) is 0 Å². The summed E-state index contributed by atoms with van der Waals surface area (Å²) in [5.74, 6) is 7.94. The average molecular weight is 274 g/mol. The van der Waals surface area contributed by atoms with Gasteiger partial charge in [0.25, 0.3) is 0 Å². The Labute approximate surface area is 126 Å². The zero-order valence-electron chi connectivity index (χ0n) is 13.5. The Bertz CT molecular complexity index is 331. The number of hydrogen-bond donors (Lipinski definition) is 0. The zero-order valence-corrected chi connectivity index (χ0v) is 13.5. The molecule has 0 aromatic rings. The van der Waals surface area contributed by atoms with Gasteiger partial charge in [0.2, 0.25) is 0 Å². The molecule has 114 valence electrons. The van der Waals surface area contributed by atoms with E-state index in [9.17, 15) is 0 Å². The Balaban J connectivity index is 1.54. The number of hydrogen-bond acceptors (Lipinski definition) is 0. The molecule has 0 aromatic carbocycles. The Morgan fingerprint density at radius 2 is 1.20 bits per heavy atom. The summed E-state index contributed by atoms with van der Waals surface area (Å²) in [5.41, 5.74) is 0. The van der Waals surface area contributed by atoms with E-state index in [0.29, 0.717) is 0 Å². The van der Waals surface area contributed by atoms with Gasteiger partial charge in [0.05, 0.1) is 0 Å². The van der Waals surface area contributed by atoms with Crippen LogP contribution in [-0.2, 0) is 0 Å². The molecule has 0 aliphatic heterocycles. The molecule has 0 saturated heterocycles. The monoisotopic (exact) mass is 274 g/mol. The lowest BCUT2D eigenvalue weighted by Crippen LogP contribution is -2.46. The maximum atomic E-state index is 2.51. The van der Waals surface area contributed by atoms with Crippen LogP contribution < -0.4 is 0 Å². The highest BCUT2D eigenvalue weighted by Gasteiger charge is 2.48. The second-order valence-corrected chi connectivity index (χ2v) is 8.72. The molecule has 0 heterocycles. The molecule has 20 heavy (non-hydrogen) atoms. The van der Waals surface area contributed by atoms with E-state index in [1.165, 1.54) is 6.42 Å². The maximum Gasteiger partial charge on any atom is -0.0352 e. The van der Waals surface area contributed by atoms with Gasteiger partial charge < -0.3 is 0 Å². The minimum absolute atomic E-state index is 1.11. The van der Waals surface area contributed by atoms with Gasteiger partial charge in [0.15, 0.2) is 0 Å². The molecule has 7 unspecified atom stereocenters. The summed E-state index contributed by atoms with van der Waals surface area (Å²) < 4.78 is 0. The van der Waals surface area contributed by atoms with Gasteiger partial charge in [-0.1, -0.05) is 58.3 Å². The Morgan fingerprint density at radius 1 is 0.600 bits per heavy atom. The third-order valence-corrected chi connectivity index (χ3v) is 8.00. The van der Waals surface area contributed by atoms with Crippen LogP contribution in [0.5, 0.6) is 0 Å². The molecular formula is C20H34. The van der Waals surface area contributed by atoms with Crippen LogP contribution in [0.4, 0.5) is 0 Å². The summed E-state index contributed by atoms with van der Waals surface area (Å²) >= 11 is 0. The van der Waals surface area contributed by atoms with Gasteiger partial charge in [-0.25, -0.2) is 0 Å². The van der Waals surface area contributed by atoms with E-state index in [0.717, 1.165) is 41.4 Å². The normalized spacial score (nSPS) is 51.8. The summed E-state index contributed by atoms with van der Waals surface area (Å²) in [6.07, 6.45) is 18.9. The molecule has 4 saturated carbocycles. The predicted molar refractivity (Wildman–Crippen MR) is 85.5 cm³/mol. The third-order valence-electron chi connectivity index (χ3n) is 8.00. The molecule has 4 aliphatic rings. The lowest BCUT2D eigenvalue weighted by molar-refractivity contribution is -0.0515. The fourth-order valence-corrected chi connectivity index (χ4v) is 7.21. The second kappa shape index (κ2) is 5.65. The van der Waals surface area contributed by atoms with Crippen molar-refractivity contribution in [2.75, 3.05) is 0 Å². The molecule has 0 aromatic heterocycles. The summed E-state index contributed by atoms with van der Waals surface area (Å²) in [6, 6.07) is 0. The molecule has 0 bridgehead atoms. The quantitative estimate of drug-likeness (QED) is 0.545. The third kappa shape index (κ3) is 2.26. The average Bonchev–Trinajstić information content (AvgIpc) is 2.50. The van der Waals surface area contributed by atoms with E-state index in [1.54, 1.807) is 70.6 Å². The first-order valence-corrected chi connectivity index (χ1v) is 9.86. The summed E-state index contributed by atoms with van der Waals surface area (Å²) in [4.78, 5) is 0. The van der Waals surface area contributed by atoms with E-state index in [4.69, 9.17) is 0 Å². The highest BCUT2D eigenvalue weighted by Crippen LogP contribution is 2.57. The van der Waals surface area contributed by atoms with Crippen LogP contribution in [0.3, 0.4) is 0 Å². The van der Waals surface area contributed by atoms with Crippen LogP contribution in [-0.4, -0.2) is 0 Å². The van der Waals surface area contributed by atoms with Gasteiger partial charge in [0, 0.05) is 0 Å². The highest BCUT2D eigenvalue weighted by atomic mass is 14.5. The van der Waals surface area contributed by atoms with E-state index in [2.05, 4.69) is 6.92 Å². The fraction of sp³-hybridized carbons (Fsp3) is 1.00. The minimum Gasteiger partial charge on any atom is -0.0651 e. The standard InChI is InChI=1S/C20H34/c1-2-18-19-10-6-5-9-16(19)12-17-11-14-7-3-4-8-15(14)13-20(17)18/h14-20H,2-13H2,1H3. The molecular weight excluding hydrogens is 240 g/mol. The van der Waals surface area contributed by atoms with E-state index < -0.39 is 0 Å². The van der Waals surface area contributed by atoms with Gasteiger partial charge in [-0.2, -0.15) is 0 Å². The fourth-order valence-electron chi connectivity index (χ4n) is 7.21. The molecule has 0 spiro atoms. The van der Waals surface area contributed by atoms with Gasteiger partial charge in [-0.15, -0.1) is 0 Å². The first kappa shape index (κ1) is 13.6. The van der Waals surface area contributed by atoms with Crippen LogP contribution in [0.15, 0.2) is 0 Å². The number of rotatable bonds is 1. The topological polar surface area (TPSA) is 0 Å². The van der Waals surface area contributed by atoms with Crippen LogP contribution in [0, 0.1) is 41.4 Å². The Hall–Kier alpha value is 0. The highest BCUT2D eigenvalue weighted by molar-refractivity contribution is 4.98. The molecule has 0 amide bonds. The summed E-state index contributed by atoms with van der Waals surface area (Å²) in [6.45, 7) is 2.51. The van der Waals surface area contributed by atoms with E-state index in [1.807, 2.05) is 0 Å². The largest absolute Gasteiger partial charge is 0.0651 e. The summed E-state index contributed by atoms with van der Waals surface area (Å²) in [5, 5.41) is 0. The van der Waals surface area contributed by atoms with Crippen molar-refractivity contribution in [2.24, 2.45) is 41.4 Å². The predicted octanol–water partition coefficient (Wildman–Crippen LogP) is 6.06. The first-order valence-electron chi connectivity index (χ1n) is 9.86. The Morgan fingerprint density at radius 3 is 1.95 bits per heavy atom. The molecule has 0 radical (unpaired) electrons. The van der Waals surface area contributed by atoms with Crippen molar-refractivity contribution >= 4 is 0 Å². The minimum atomic E-state index is 1.11. The first-order chi connectivity index (χ1) is 9.86. The molecule has 0 nitrogen and oxygen atoms in total.